The number of hydrogen-bond donors (Lipinski definition) is 0. The lowest BCUT2D eigenvalue weighted by Gasteiger charge is -2.32. The van der Waals surface area contributed by atoms with E-state index in [1.54, 1.807) is 37.3 Å². The largest absolute Gasteiger partial charge is 0.339 e. The second-order valence-corrected chi connectivity index (χ2v) is 9.87. The molecule has 1 fully saturated rings. The van der Waals surface area contributed by atoms with E-state index in [2.05, 4.69) is 12.1 Å². The van der Waals surface area contributed by atoms with E-state index in [1.165, 1.54) is 15.9 Å². The van der Waals surface area contributed by atoms with E-state index < -0.39 is 10.0 Å². The van der Waals surface area contributed by atoms with E-state index in [9.17, 15) is 13.2 Å². The molecule has 3 aromatic carbocycles. The molecule has 5 nitrogen and oxygen atoms in total. The lowest BCUT2D eigenvalue weighted by atomic mass is 9.89. The molecule has 6 heteroatoms. The summed E-state index contributed by atoms with van der Waals surface area (Å²) in [5.74, 6) is 0.340. The Bertz CT molecular complexity index is 1160. The van der Waals surface area contributed by atoms with Crippen LogP contribution in [0.3, 0.4) is 0 Å². The predicted molar refractivity (Wildman–Crippen MR) is 127 cm³/mol. The highest BCUT2D eigenvalue weighted by Gasteiger charge is 2.27. The first-order chi connectivity index (χ1) is 15.5. The van der Waals surface area contributed by atoms with E-state index in [0.29, 0.717) is 36.8 Å². The van der Waals surface area contributed by atoms with Gasteiger partial charge in [0, 0.05) is 25.2 Å². The molecule has 0 atom stereocenters. The Morgan fingerprint density at radius 2 is 1.53 bits per heavy atom. The Labute approximate surface area is 190 Å². The average Bonchev–Trinajstić information content (AvgIpc) is 2.85. The summed E-state index contributed by atoms with van der Waals surface area (Å²) in [7, 11) is -3.77. The number of likely N-dealkylation sites (tertiary alicyclic amines) is 1. The number of carbonyl (C=O) groups is 1. The molecule has 1 aliphatic rings. The lowest BCUT2D eigenvalue weighted by molar-refractivity contribution is 0.0712. The number of carbonyl (C=O) groups excluding carboxylic acids is 1. The molecule has 1 saturated heterocycles. The van der Waals surface area contributed by atoms with Crippen LogP contribution in [0.5, 0.6) is 0 Å². The molecule has 1 amide bonds. The zero-order chi connectivity index (χ0) is 22.6. The van der Waals surface area contributed by atoms with Crippen molar-refractivity contribution in [1.82, 2.24) is 4.90 Å². The molecule has 0 saturated carbocycles. The van der Waals surface area contributed by atoms with Gasteiger partial charge in [0.1, 0.15) is 0 Å². The summed E-state index contributed by atoms with van der Waals surface area (Å²) in [6, 6.07) is 25.8. The molecule has 32 heavy (non-hydrogen) atoms. The van der Waals surface area contributed by atoms with Gasteiger partial charge in [0.05, 0.1) is 10.6 Å². The van der Waals surface area contributed by atoms with Gasteiger partial charge < -0.3 is 4.90 Å². The molecule has 4 rings (SSSR count). The topological polar surface area (TPSA) is 57.7 Å². The number of anilines is 1. The van der Waals surface area contributed by atoms with Gasteiger partial charge in [-0.1, -0.05) is 54.6 Å². The predicted octanol–water partition coefficient (Wildman–Crippen LogP) is 4.92. The van der Waals surface area contributed by atoms with Crippen LogP contribution < -0.4 is 4.31 Å². The number of nitrogens with zero attached hydrogens (tertiary/aromatic N) is 2. The van der Waals surface area contributed by atoms with Gasteiger partial charge in [-0.25, -0.2) is 8.42 Å². The summed E-state index contributed by atoms with van der Waals surface area (Å²) in [6.07, 6.45) is 1.82. The minimum Gasteiger partial charge on any atom is -0.339 e. The molecule has 0 aromatic heterocycles. The highest BCUT2D eigenvalue weighted by molar-refractivity contribution is 7.92. The van der Waals surface area contributed by atoms with Crippen molar-refractivity contribution in [2.24, 2.45) is 0 Å². The van der Waals surface area contributed by atoms with Crippen LogP contribution in [0.4, 0.5) is 5.69 Å². The third-order valence-electron chi connectivity index (χ3n) is 6.05. The second-order valence-electron chi connectivity index (χ2n) is 8.01. The second kappa shape index (κ2) is 9.57. The molecule has 0 spiro atoms. The molecule has 0 aliphatic carbocycles. The summed E-state index contributed by atoms with van der Waals surface area (Å²) in [6.45, 7) is 3.44. The van der Waals surface area contributed by atoms with Crippen LogP contribution >= 0.6 is 0 Å². The number of piperidine rings is 1. The number of amides is 1. The van der Waals surface area contributed by atoms with Gasteiger partial charge in [0.15, 0.2) is 0 Å². The van der Waals surface area contributed by atoms with Crippen molar-refractivity contribution >= 4 is 21.6 Å². The Morgan fingerprint density at radius 3 is 2.16 bits per heavy atom. The molecule has 1 aliphatic heterocycles. The molecule has 0 radical (unpaired) electrons. The first kappa shape index (κ1) is 22.1. The Kier molecular flexibility index (Phi) is 6.61. The van der Waals surface area contributed by atoms with Gasteiger partial charge in [-0.3, -0.25) is 9.10 Å². The van der Waals surface area contributed by atoms with Crippen LogP contribution in [0, 0.1) is 0 Å². The first-order valence-corrected chi connectivity index (χ1v) is 12.5. The third-order valence-corrected chi connectivity index (χ3v) is 7.95. The van der Waals surface area contributed by atoms with Crippen LogP contribution in [0.2, 0.25) is 0 Å². The molecule has 0 unspecified atom stereocenters. The van der Waals surface area contributed by atoms with Crippen LogP contribution in [0.15, 0.2) is 89.8 Å². The molecule has 1 heterocycles. The smallest absolute Gasteiger partial charge is 0.264 e. The quantitative estimate of drug-likeness (QED) is 0.538. The SMILES string of the molecule is CCN(c1ccccc1)S(=O)(=O)c1cccc(C(=O)N2CCC(c3ccccc3)CC2)c1. The maximum atomic E-state index is 13.3. The minimum atomic E-state index is -3.77. The molecule has 0 bridgehead atoms. The fourth-order valence-electron chi connectivity index (χ4n) is 4.33. The van der Waals surface area contributed by atoms with Gasteiger partial charge >= 0.3 is 0 Å². The summed E-state index contributed by atoms with van der Waals surface area (Å²) >= 11 is 0. The number of benzene rings is 3. The first-order valence-electron chi connectivity index (χ1n) is 11.0. The van der Waals surface area contributed by atoms with Crippen molar-refractivity contribution in [2.45, 2.75) is 30.6 Å². The number of sulfonamides is 1. The number of para-hydroxylation sites is 1. The summed E-state index contributed by atoms with van der Waals surface area (Å²) < 4.78 is 28.0. The molecular formula is C26H28N2O3S. The van der Waals surface area contributed by atoms with Crippen molar-refractivity contribution < 1.29 is 13.2 Å². The molecular weight excluding hydrogens is 420 g/mol. The van der Waals surface area contributed by atoms with Crippen molar-refractivity contribution in [3.05, 3.63) is 96.1 Å². The monoisotopic (exact) mass is 448 g/mol. The third kappa shape index (κ3) is 4.55. The van der Waals surface area contributed by atoms with Gasteiger partial charge in [-0.15, -0.1) is 0 Å². The molecule has 166 valence electrons. The highest BCUT2D eigenvalue weighted by Crippen LogP contribution is 2.29. The fraction of sp³-hybridized carbons (Fsp3) is 0.269. The lowest BCUT2D eigenvalue weighted by Crippen LogP contribution is -2.38. The Morgan fingerprint density at radius 1 is 0.906 bits per heavy atom. The summed E-state index contributed by atoms with van der Waals surface area (Å²) in [5, 5.41) is 0. The van der Waals surface area contributed by atoms with Gasteiger partial charge in [-0.2, -0.15) is 0 Å². The summed E-state index contributed by atoms with van der Waals surface area (Å²) in [4.78, 5) is 15.1. The Balaban J connectivity index is 1.51. The van der Waals surface area contributed by atoms with Crippen molar-refractivity contribution in [2.75, 3.05) is 23.9 Å². The van der Waals surface area contributed by atoms with Gasteiger partial charge in [0.25, 0.3) is 15.9 Å². The minimum absolute atomic E-state index is 0.115. The van der Waals surface area contributed by atoms with E-state index >= 15 is 0 Å². The van der Waals surface area contributed by atoms with Crippen molar-refractivity contribution in [1.29, 1.82) is 0 Å². The number of hydrogen-bond acceptors (Lipinski definition) is 3. The maximum Gasteiger partial charge on any atom is 0.264 e. The van der Waals surface area contributed by atoms with E-state index in [4.69, 9.17) is 0 Å². The van der Waals surface area contributed by atoms with Gasteiger partial charge in [0.2, 0.25) is 0 Å². The van der Waals surface area contributed by atoms with E-state index in [0.717, 1.165) is 12.8 Å². The van der Waals surface area contributed by atoms with Crippen LogP contribution in [-0.2, 0) is 10.0 Å². The molecule has 0 N–H and O–H groups in total. The van der Waals surface area contributed by atoms with Crippen LogP contribution in [-0.4, -0.2) is 38.9 Å². The van der Waals surface area contributed by atoms with Crippen LogP contribution in [0.25, 0.3) is 0 Å². The van der Waals surface area contributed by atoms with Gasteiger partial charge in [-0.05, 0) is 61.6 Å². The highest BCUT2D eigenvalue weighted by atomic mass is 32.2. The number of rotatable bonds is 6. The van der Waals surface area contributed by atoms with Crippen molar-refractivity contribution in [3.63, 3.8) is 0 Å². The van der Waals surface area contributed by atoms with E-state index in [1.807, 2.05) is 41.3 Å². The van der Waals surface area contributed by atoms with Crippen molar-refractivity contribution in [3.8, 4) is 0 Å². The molecule has 3 aromatic rings. The Hall–Kier alpha value is -3.12. The zero-order valence-electron chi connectivity index (χ0n) is 18.2. The van der Waals surface area contributed by atoms with E-state index in [-0.39, 0.29) is 10.8 Å². The average molecular weight is 449 g/mol. The standard InChI is InChI=1S/C26H28N2O3S/c1-2-28(24-13-7-4-8-14-24)32(30,31)25-15-9-12-23(20-25)26(29)27-18-16-22(17-19-27)21-10-5-3-6-11-21/h3-15,20,22H,2,16-19H2,1H3. The van der Waals surface area contributed by atoms with Crippen LogP contribution in [0.1, 0.15) is 41.6 Å². The summed E-state index contributed by atoms with van der Waals surface area (Å²) in [5.41, 5.74) is 2.33. The maximum absolute atomic E-state index is 13.3. The fourth-order valence-corrected chi connectivity index (χ4v) is 5.85. The zero-order valence-corrected chi connectivity index (χ0v) is 19.0. The normalized spacial score (nSPS) is 14.8.